The average Bonchev–Trinajstić information content (AvgIpc) is 2.84. The molecular weight excluding hydrogens is 428 g/mol. The van der Waals surface area contributed by atoms with Crippen molar-refractivity contribution in [3.63, 3.8) is 0 Å². The number of hydrazone groups is 1. The maximum atomic E-state index is 12.7. The Balaban J connectivity index is 1.42. The third kappa shape index (κ3) is 5.34. The van der Waals surface area contributed by atoms with E-state index in [1.54, 1.807) is 30.3 Å². The van der Waals surface area contributed by atoms with Gasteiger partial charge in [-0.2, -0.15) is 5.10 Å². The van der Waals surface area contributed by atoms with Crippen LogP contribution in [-0.2, 0) is 9.59 Å². The van der Waals surface area contributed by atoms with Crippen LogP contribution in [0.4, 0.5) is 11.4 Å². The maximum absolute atomic E-state index is 12.7. The predicted octanol–water partition coefficient (Wildman–Crippen LogP) is 4.49. The van der Waals surface area contributed by atoms with Crippen LogP contribution < -0.4 is 16.1 Å². The van der Waals surface area contributed by atoms with E-state index in [0.29, 0.717) is 5.69 Å². The zero-order chi connectivity index (χ0) is 23.9. The molecule has 3 amide bonds. The number of hydrogen-bond acceptors (Lipinski definition) is 4. The van der Waals surface area contributed by atoms with Crippen molar-refractivity contribution in [3.05, 3.63) is 108 Å². The summed E-state index contributed by atoms with van der Waals surface area (Å²) in [7, 11) is 0. The van der Waals surface area contributed by atoms with E-state index in [-0.39, 0.29) is 11.3 Å². The van der Waals surface area contributed by atoms with Gasteiger partial charge in [-0.05, 0) is 47.5 Å². The number of nitrogens with zero attached hydrogens (tertiary/aromatic N) is 1. The fraction of sp³-hybridized carbons (Fsp3) is 0.0370. The minimum atomic E-state index is -0.953. The summed E-state index contributed by atoms with van der Waals surface area (Å²) in [5, 5.41) is 11.2. The number of rotatable bonds is 5. The number of carbonyl (C=O) groups excluding carboxylic acids is 3. The molecule has 0 aliphatic rings. The maximum Gasteiger partial charge on any atom is 0.329 e. The standard InChI is InChI=1S/C27H22N4O3/c1-18-8-6-12-21(16-18)29-25(32)23-14-4-5-15-24(23)30-26(33)27(34)31-28-17-20-11-7-10-19-9-2-3-13-22(19)20/h2-17H,1H3,(H,29,32)(H,30,33)(H,31,34)/b28-17-. The Morgan fingerprint density at radius 2 is 1.50 bits per heavy atom. The molecule has 0 radical (unpaired) electrons. The Labute approximate surface area is 196 Å². The number of aryl methyl sites for hydroxylation is 1. The van der Waals surface area contributed by atoms with Crippen LogP contribution in [0.5, 0.6) is 0 Å². The SMILES string of the molecule is Cc1cccc(NC(=O)c2ccccc2NC(=O)C(=O)N/N=C\c2cccc3ccccc23)c1. The summed E-state index contributed by atoms with van der Waals surface area (Å²) in [6.45, 7) is 1.92. The summed E-state index contributed by atoms with van der Waals surface area (Å²) in [6, 6.07) is 27.3. The highest BCUT2D eigenvalue weighted by molar-refractivity contribution is 6.40. The van der Waals surface area contributed by atoms with Gasteiger partial charge in [0.2, 0.25) is 0 Å². The van der Waals surface area contributed by atoms with Gasteiger partial charge in [-0.15, -0.1) is 0 Å². The lowest BCUT2D eigenvalue weighted by Crippen LogP contribution is -2.33. The molecule has 0 fully saturated rings. The highest BCUT2D eigenvalue weighted by Gasteiger charge is 2.17. The van der Waals surface area contributed by atoms with Crippen molar-refractivity contribution in [2.45, 2.75) is 6.92 Å². The Morgan fingerprint density at radius 1 is 0.765 bits per heavy atom. The molecule has 7 nitrogen and oxygen atoms in total. The van der Waals surface area contributed by atoms with E-state index in [1.807, 2.05) is 67.6 Å². The normalized spacial score (nSPS) is 10.7. The third-order valence-electron chi connectivity index (χ3n) is 5.10. The number of carbonyl (C=O) groups is 3. The molecule has 0 atom stereocenters. The second kappa shape index (κ2) is 10.2. The zero-order valence-corrected chi connectivity index (χ0v) is 18.4. The zero-order valence-electron chi connectivity index (χ0n) is 18.4. The van der Waals surface area contributed by atoms with Crippen LogP contribution in [0.15, 0.2) is 96.1 Å². The molecule has 34 heavy (non-hydrogen) atoms. The van der Waals surface area contributed by atoms with Crippen LogP contribution in [0.25, 0.3) is 10.8 Å². The average molecular weight is 450 g/mol. The number of amides is 3. The number of hydrogen-bond donors (Lipinski definition) is 3. The number of nitrogens with one attached hydrogen (secondary N) is 3. The topological polar surface area (TPSA) is 99.7 Å². The van der Waals surface area contributed by atoms with Gasteiger partial charge in [-0.3, -0.25) is 14.4 Å². The molecule has 4 aromatic rings. The van der Waals surface area contributed by atoms with Crippen molar-refractivity contribution in [2.24, 2.45) is 5.10 Å². The molecule has 0 bridgehead atoms. The quantitative estimate of drug-likeness (QED) is 0.237. The van der Waals surface area contributed by atoms with Crippen molar-refractivity contribution in [1.29, 1.82) is 0 Å². The first-order valence-corrected chi connectivity index (χ1v) is 10.6. The Morgan fingerprint density at radius 3 is 2.35 bits per heavy atom. The summed E-state index contributed by atoms with van der Waals surface area (Å²) in [5.74, 6) is -2.30. The third-order valence-corrected chi connectivity index (χ3v) is 5.10. The first-order chi connectivity index (χ1) is 16.5. The lowest BCUT2D eigenvalue weighted by molar-refractivity contribution is -0.136. The van der Waals surface area contributed by atoms with Crippen molar-refractivity contribution >= 4 is 46.1 Å². The van der Waals surface area contributed by atoms with Crippen LogP contribution in [-0.4, -0.2) is 23.9 Å². The van der Waals surface area contributed by atoms with E-state index in [2.05, 4.69) is 21.2 Å². The van der Waals surface area contributed by atoms with Gasteiger partial charge in [0.25, 0.3) is 5.91 Å². The lowest BCUT2D eigenvalue weighted by Gasteiger charge is -2.11. The molecule has 0 aromatic heterocycles. The molecular formula is C27H22N4O3. The second-order valence-electron chi connectivity index (χ2n) is 7.59. The van der Waals surface area contributed by atoms with Gasteiger partial charge in [-0.25, -0.2) is 5.43 Å². The van der Waals surface area contributed by atoms with Gasteiger partial charge in [0.15, 0.2) is 0 Å². The highest BCUT2D eigenvalue weighted by atomic mass is 16.2. The fourth-order valence-corrected chi connectivity index (χ4v) is 3.46. The van der Waals surface area contributed by atoms with Gasteiger partial charge in [-0.1, -0.05) is 66.7 Å². The van der Waals surface area contributed by atoms with Gasteiger partial charge >= 0.3 is 11.8 Å². The van der Waals surface area contributed by atoms with Crippen molar-refractivity contribution in [1.82, 2.24) is 5.43 Å². The first-order valence-electron chi connectivity index (χ1n) is 10.6. The molecule has 0 spiro atoms. The van der Waals surface area contributed by atoms with Crippen molar-refractivity contribution in [2.75, 3.05) is 10.6 Å². The minimum Gasteiger partial charge on any atom is -0.322 e. The molecule has 3 N–H and O–H groups in total. The number of benzene rings is 4. The van der Waals surface area contributed by atoms with Crippen molar-refractivity contribution < 1.29 is 14.4 Å². The van der Waals surface area contributed by atoms with Crippen LogP contribution in [0.2, 0.25) is 0 Å². The van der Waals surface area contributed by atoms with Gasteiger partial charge < -0.3 is 10.6 Å². The summed E-state index contributed by atoms with van der Waals surface area (Å²) < 4.78 is 0. The Bertz CT molecular complexity index is 1410. The Kier molecular flexibility index (Phi) is 6.74. The monoisotopic (exact) mass is 450 g/mol. The summed E-state index contributed by atoms with van der Waals surface area (Å²) in [5.41, 5.74) is 5.10. The predicted molar refractivity (Wildman–Crippen MR) is 134 cm³/mol. The highest BCUT2D eigenvalue weighted by Crippen LogP contribution is 2.19. The molecule has 0 saturated heterocycles. The first kappa shape index (κ1) is 22.4. The summed E-state index contributed by atoms with van der Waals surface area (Å²) in [4.78, 5) is 37.4. The van der Waals surface area contributed by atoms with E-state index in [1.165, 1.54) is 6.21 Å². The van der Waals surface area contributed by atoms with Gasteiger partial charge in [0, 0.05) is 11.3 Å². The molecule has 4 aromatic carbocycles. The molecule has 0 aliphatic carbocycles. The molecule has 0 saturated carbocycles. The minimum absolute atomic E-state index is 0.214. The van der Waals surface area contributed by atoms with E-state index in [9.17, 15) is 14.4 Å². The number of para-hydroxylation sites is 1. The lowest BCUT2D eigenvalue weighted by atomic mass is 10.1. The van der Waals surface area contributed by atoms with Crippen LogP contribution in [0.1, 0.15) is 21.5 Å². The molecule has 0 unspecified atom stereocenters. The molecule has 168 valence electrons. The molecule has 4 rings (SSSR count). The van der Waals surface area contributed by atoms with E-state index in [4.69, 9.17) is 0 Å². The fourth-order valence-electron chi connectivity index (χ4n) is 3.46. The molecule has 7 heteroatoms. The van der Waals surface area contributed by atoms with Crippen LogP contribution in [0.3, 0.4) is 0 Å². The van der Waals surface area contributed by atoms with Gasteiger partial charge in [0.05, 0.1) is 17.5 Å². The smallest absolute Gasteiger partial charge is 0.322 e. The van der Waals surface area contributed by atoms with E-state index in [0.717, 1.165) is 21.9 Å². The largest absolute Gasteiger partial charge is 0.329 e. The summed E-state index contributed by atoms with van der Waals surface area (Å²) in [6.07, 6.45) is 1.48. The second-order valence-corrected chi connectivity index (χ2v) is 7.59. The van der Waals surface area contributed by atoms with E-state index >= 15 is 0 Å². The number of anilines is 2. The number of fused-ring (bicyclic) bond motifs is 1. The molecule has 0 heterocycles. The van der Waals surface area contributed by atoms with Crippen molar-refractivity contribution in [3.8, 4) is 0 Å². The van der Waals surface area contributed by atoms with Crippen LogP contribution >= 0.6 is 0 Å². The van der Waals surface area contributed by atoms with Crippen LogP contribution in [0, 0.1) is 6.92 Å². The summed E-state index contributed by atoms with van der Waals surface area (Å²) >= 11 is 0. The van der Waals surface area contributed by atoms with Gasteiger partial charge in [0.1, 0.15) is 0 Å². The molecule has 0 aliphatic heterocycles. The Hall–Kier alpha value is -4.78. The van der Waals surface area contributed by atoms with E-state index < -0.39 is 17.7 Å².